The molecule has 2 N–H and O–H groups in total. The molecule has 0 saturated carbocycles. The largest absolute Gasteiger partial charge is 0.356 e. The molecule has 0 amide bonds. The Bertz CT molecular complexity index is 1060. The minimum atomic E-state index is -0.454. The van der Waals surface area contributed by atoms with E-state index >= 15 is 0 Å². The van der Waals surface area contributed by atoms with Crippen LogP contribution in [0.5, 0.6) is 0 Å². The molecule has 31 heavy (non-hydrogen) atoms. The van der Waals surface area contributed by atoms with Crippen molar-refractivity contribution in [2.24, 2.45) is 0 Å². The van der Waals surface area contributed by atoms with Crippen LogP contribution in [0.1, 0.15) is 12.8 Å². The first-order valence-corrected chi connectivity index (χ1v) is 11.1. The quantitative estimate of drug-likeness (QED) is 0.642. The molecule has 0 radical (unpaired) electrons. The molecule has 0 unspecified atom stereocenters. The van der Waals surface area contributed by atoms with Gasteiger partial charge in [-0.3, -0.25) is 4.90 Å². The summed E-state index contributed by atoms with van der Waals surface area (Å²) in [6.07, 6.45) is 3.78. The third-order valence-corrected chi connectivity index (χ3v) is 6.40. The lowest BCUT2D eigenvalue weighted by atomic mass is 10.0. The van der Waals surface area contributed by atoms with Crippen LogP contribution >= 0.6 is 11.6 Å². The van der Waals surface area contributed by atoms with E-state index < -0.39 is 5.82 Å². The summed E-state index contributed by atoms with van der Waals surface area (Å²) in [5, 5.41) is 6.69. The lowest BCUT2D eigenvalue weighted by Crippen LogP contribution is -2.52. The second-order valence-electron chi connectivity index (χ2n) is 8.02. The first-order valence-electron chi connectivity index (χ1n) is 10.7. The Morgan fingerprint density at radius 1 is 1.03 bits per heavy atom. The Hall–Kier alpha value is -2.55. The van der Waals surface area contributed by atoms with Crippen molar-refractivity contribution in [3.05, 3.63) is 47.5 Å². The molecule has 2 aromatic heterocycles. The number of nitrogens with zero attached hydrogens (tertiary/aromatic N) is 5. The maximum Gasteiger partial charge on any atom is 0.160 e. The van der Waals surface area contributed by atoms with Gasteiger partial charge in [0.2, 0.25) is 0 Å². The van der Waals surface area contributed by atoms with E-state index in [2.05, 4.69) is 30.4 Å². The molecule has 4 heterocycles. The smallest absolute Gasteiger partial charge is 0.160 e. The standard InChI is InChI=1S/C22H25ClFN7/c23-17-13-15(1-2-18(17)24)28-22-21-19(26-14-27-22)3-4-20(29-21)31-9-5-16(6-10-31)30-11-7-25-8-12-30/h1-4,13-14,16,25H,5-12H2,(H,26,27,28). The molecule has 2 aliphatic rings. The second kappa shape index (κ2) is 8.90. The zero-order chi connectivity index (χ0) is 21.2. The average molecular weight is 442 g/mol. The molecular weight excluding hydrogens is 417 g/mol. The summed E-state index contributed by atoms with van der Waals surface area (Å²) < 4.78 is 13.5. The number of hydrogen-bond acceptors (Lipinski definition) is 7. The van der Waals surface area contributed by atoms with Gasteiger partial charge in [0.1, 0.15) is 23.5 Å². The van der Waals surface area contributed by atoms with Gasteiger partial charge in [-0.2, -0.15) is 0 Å². The second-order valence-corrected chi connectivity index (χ2v) is 8.42. The van der Waals surface area contributed by atoms with Gasteiger partial charge in [0.05, 0.1) is 10.5 Å². The number of nitrogens with one attached hydrogen (secondary N) is 2. The van der Waals surface area contributed by atoms with Crippen LogP contribution in [0, 0.1) is 5.82 Å². The fourth-order valence-electron chi connectivity index (χ4n) is 4.42. The Morgan fingerprint density at radius 3 is 2.61 bits per heavy atom. The summed E-state index contributed by atoms with van der Waals surface area (Å²) in [6.45, 7) is 6.41. The van der Waals surface area contributed by atoms with Gasteiger partial charge in [0, 0.05) is 51.0 Å². The number of piperazine rings is 1. The molecule has 0 bridgehead atoms. The number of pyridine rings is 1. The third kappa shape index (κ3) is 4.42. The SMILES string of the molecule is Fc1ccc(Nc2ncnc3ccc(N4CCC(N5CCNCC5)CC4)nc23)cc1Cl. The molecule has 0 atom stereocenters. The Morgan fingerprint density at radius 2 is 1.84 bits per heavy atom. The predicted octanol–water partition coefficient (Wildman–Crippen LogP) is 3.43. The molecule has 2 aliphatic heterocycles. The van der Waals surface area contributed by atoms with Crippen molar-refractivity contribution in [3.63, 3.8) is 0 Å². The molecular formula is C22H25ClFN7. The van der Waals surface area contributed by atoms with E-state index in [4.69, 9.17) is 16.6 Å². The zero-order valence-electron chi connectivity index (χ0n) is 17.2. The molecule has 3 aromatic rings. The lowest BCUT2D eigenvalue weighted by molar-refractivity contribution is 0.150. The number of rotatable bonds is 4. The Kier molecular flexibility index (Phi) is 5.85. The number of fused-ring (bicyclic) bond motifs is 1. The minimum absolute atomic E-state index is 0.0596. The topological polar surface area (TPSA) is 69.2 Å². The maximum atomic E-state index is 13.5. The van der Waals surface area contributed by atoms with Crippen LogP contribution in [-0.4, -0.2) is 65.2 Å². The highest BCUT2D eigenvalue weighted by Crippen LogP contribution is 2.28. The maximum absolute atomic E-state index is 13.5. The molecule has 7 nitrogen and oxygen atoms in total. The summed E-state index contributed by atoms with van der Waals surface area (Å²) >= 11 is 5.92. The monoisotopic (exact) mass is 441 g/mol. The van der Waals surface area contributed by atoms with Gasteiger partial charge in [0.15, 0.2) is 5.82 Å². The number of anilines is 3. The minimum Gasteiger partial charge on any atom is -0.356 e. The van der Waals surface area contributed by atoms with Crippen LogP contribution < -0.4 is 15.5 Å². The zero-order valence-corrected chi connectivity index (χ0v) is 17.9. The van der Waals surface area contributed by atoms with E-state index in [9.17, 15) is 4.39 Å². The van der Waals surface area contributed by atoms with Gasteiger partial charge in [-0.1, -0.05) is 11.6 Å². The van der Waals surface area contributed by atoms with Crippen LogP contribution in [-0.2, 0) is 0 Å². The van der Waals surface area contributed by atoms with Crippen molar-refractivity contribution in [1.82, 2.24) is 25.2 Å². The van der Waals surface area contributed by atoms with Crippen molar-refractivity contribution < 1.29 is 4.39 Å². The first-order chi connectivity index (χ1) is 15.2. The van der Waals surface area contributed by atoms with Crippen LogP contribution in [0.4, 0.5) is 21.7 Å². The van der Waals surface area contributed by atoms with Crippen LogP contribution in [0.3, 0.4) is 0 Å². The van der Waals surface area contributed by atoms with Gasteiger partial charge in [-0.05, 0) is 43.2 Å². The summed E-state index contributed by atoms with van der Waals surface area (Å²) in [7, 11) is 0. The van der Waals surface area contributed by atoms with E-state index in [1.165, 1.54) is 18.5 Å². The van der Waals surface area contributed by atoms with E-state index in [0.717, 1.165) is 63.4 Å². The Labute approximate surface area is 185 Å². The Balaban J connectivity index is 1.34. The van der Waals surface area contributed by atoms with Crippen molar-refractivity contribution in [3.8, 4) is 0 Å². The van der Waals surface area contributed by atoms with Crippen molar-refractivity contribution in [2.75, 3.05) is 49.5 Å². The highest BCUT2D eigenvalue weighted by atomic mass is 35.5. The molecule has 1 aromatic carbocycles. The van der Waals surface area contributed by atoms with Crippen LogP contribution in [0.2, 0.25) is 5.02 Å². The van der Waals surface area contributed by atoms with Gasteiger partial charge in [-0.15, -0.1) is 0 Å². The lowest BCUT2D eigenvalue weighted by Gasteiger charge is -2.40. The number of aromatic nitrogens is 3. The fraction of sp³-hybridized carbons (Fsp3) is 0.409. The fourth-order valence-corrected chi connectivity index (χ4v) is 4.60. The molecule has 162 valence electrons. The first kappa shape index (κ1) is 20.4. The predicted molar refractivity (Wildman–Crippen MR) is 122 cm³/mol. The molecule has 0 aliphatic carbocycles. The van der Waals surface area contributed by atoms with Gasteiger partial charge in [0.25, 0.3) is 0 Å². The van der Waals surface area contributed by atoms with Crippen molar-refractivity contribution in [1.29, 1.82) is 0 Å². The normalized spacial score (nSPS) is 18.5. The molecule has 0 spiro atoms. The highest BCUT2D eigenvalue weighted by Gasteiger charge is 2.26. The van der Waals surface area contributed by atoms with Gasteiger partial charge < -0.3 is 15.5 Å². The van der Waals surface area contributed by atoms with Gasteiger partial charge in [-0.25, -0.2) is 19.3 Å². The molecule has 2 fully saturated rings. The van der Waals surface area contributed by atoms with Crippen molar-refractivity contribution in [2.45, 2.75) is 18.9 Å². The van der Waals surface area contributed by atoms with E-state index in [1.54, 1.807) is 6.07 Å². The van der Waals surface area contributed by atoms with Crippen LogP contribution in [0.25, 0.3) is 11.0 Å². The summed E-state index contributed by atoms with van der Waals surface area (Å²) in [5.41, 5.74) is 2.09. The molecule has 9 heteroatoms. The number of benzene rings is 1. The summed E-state index contributed by atoms with van der Waals surface area (Å²) in [5.74, 6) is 1.05. The summed E-state index contributed by atoms with van der Waals surface area (Å²) in [6, 6.07) is 9.15. The molecule has 5 rings (SSSR count). The number of halogens is 2. The third-order valence-electron chi connectivity index (χ3n) is 6.11. The highest BCUT2D eigenvalue weighted by molar-refractivity contribution is 6.31. The van der Waals surface area contributed by atoms with E-state index in [0.29, 0.717) is 23.1 Å². The van der Waals surface area contributed by atoms with Crippen molar-refractivity contribution >= 4 is 40.0 Å². The average Bonchev–Trinajstić information content (AvgIpc) is 2.82. The van der Waals surface area contributed by atoms with E-state index in [1.807, 2.05) is 12.1 Å². The van der Waals surface area contributed by atoms with Crippen LogP contribution in [0.15, 0.2) is 36.7 Å². The number of hydrogen-bond donors (Lipinski definition) is 2. The number of piperidine rings is 1. The summed E-state index contributed by atoms with van der Waals surface area (Å²) in [4.78, 5) is 18.5. The van der Waals surface area contributed by atoms with E-state index in [-0.39, 0.29) is 5.02 Å². The molecule has 2 saturated heterocycles. The van der Waals surface area contributed by atoms with Gasteiger partial charge >= 0.3 is 0 Å².